The number of esters is 1. The first-order valence-electron chi connectivity index (χ1n) is 8.16. The molecule has 1 saturated heterocycles. The van der Waals surface area contributed by atoms with Crippen molar-refractivity contribution in [2.24, 2.45) is 5.41 Å². The van der Waals surface area contributed by atoms with Crippen LogP contribution in [0.2, 0.25) is 0 Å². The van der Waals surface area contributed by atoms with Gasteiger partial charge in [0.15, 0.2) is 10.5 Å². The Hall–Kier alpha value is -1.79. The summed E-state index contributed by atoms with van der Waals surface area (Å²) in [5.41, 5.74) is 1.03. The lowest BCUT2D eigenvalue weighted by Crippen LogP contribution is -2.48. The third kappa shape index (κ3) is 2.68. The van der Waals surface area contributed by atoms with Gasteiger partial charge in [-0.25, -0.2) is 4.79 Å². The largest absolute Gasteiger partial charge is 0.466 e. The molecule has 0 radical (unpaired) electrons. The molecule has 0 bridgehead atoms. The molecule has 0 spiro atoms. The molecule has 3 atom stereocenters. The summed E-state index contributed by atoms with van der Waals surface area (Å²) in [5, 5.41) is 0. The Kier molecular flexibility index (Phi) is 4.45. The van der Waals surface area contributed by atoms with Crippen LogP contribution >= 0.6 is 0 Å². The maximum Gasteiger partial charge on any atom is 0.330 e. The lowest BCUT2D eigenvalue weighted by Gasteiger charge is -2.31. The number of hydrogen-bond donors (Lipinski definition) is 0. The fraction of sp³-hybridized carbons (Fsp3) is 0.474. The van der Waals surface area contributed by atoms with Crippen LogP contribution in [0.1, 0.15) is 25.8 Å². The van der Waals surface area contributed by atoms with E-state index in [1.807, 2.05) is 32.9 Å². The molecule has 0 unspecified atom stereocenters. The van der Waals surface area contributed by atoms with Crippen LogP contribution in [0.25, 0.3) is 0 Å². The zero-order valence-corrected chi connectivity index (χ0v) is 15.6. The Bertz CT molecular complexity index is 778. The number of carbonyl (C=O) groups is 2. The summed E-state index contributed by atoms with van der Waals surface area (Å²) in [6, 6.07) is 7.26. The van der Waals surface area contributed by atoms with Crippen LogP contribution in [0.15, 0.2) is 40.8 Å². The number of hydrogen-bond acceptors (Lipinski definition) is 5. The SMILES string of the molecule is COC(=O)/C=C1\CO[C@@H]2C(C)(C)CC(=O)[C@]12[S@@](=O)c1ccc(C)cc1. The summed E-state index contributed by atoms with van der Waals surface area (Å²) >= 11 is 0. The molecule has 25 heavy (non-hydrogen) atoms. The molecule has 1 heterocycles. The highest BCUT2D eigenvalue weighted by atomic mass is 32.2. The first kappa shape index (κ1) is 18.0. The monoisotopic (exact) mass is 362 g/mol. The fourth-order valence-electron chi connectivity index (χ4n) is 3.82. The summed E-state index contributed by atoms with van der Waals surface area (Å²) in [7, 11) is -0.395. The quantitative estimate of drug-likeness (QED) is 0.610. The number of ketones is 1. The molecule has 1 saturated carbocycles. The number of rotatable bonds is 3. The molecule has 134 valence electrons. The van der Waals surface area contributed by atoms with Crippen LogP contribution in [-0.4, -0.2) is 40.5 Å². The van der Waals surface area contributed by atoms with Crippen LogP contribution in [0.5, 0.6) is 0 Å². The van der Waals surface area contributed by atoms with Gasteiger partial charge in [-0.15, -0.1) is 0 Å². The van der Waals surface area contributed by atoms with Gasteiger partial charge in [0.1, 0.15) is 0 Å². The molecule has 3 rings (SSSR count). The zero-order chi connectivity index (χ0) is 18.4. The highest BCUT2D eigenvalue weighted by molar-refractivity contribution is 7.87. The molecule has 0 aromatic heterocycles. The lowest BCUT2D eigenvalue weighted by atomic mass is 9.86. The van der Waals surface area contributed by atoms with Gasteiger partial charge in [-0.3, -0.25) is 9.00 Å². The van der Waals surface area contributed by atoms with Gasteiger partial charge in [0.2, 0.25) is 0 Å². The molecule has 5 nitrogen and oxygen atoms in total. The van der Waals surface area contributed by atoms with Crippen molar-refractivity contribution in [2.75, 3.05) is 13.7 Å². The number of fused-ring (bicyclic) bond motifs is 1. The van der Waals surface area contributed by atoms with Crippen molar-refractivity contribution in [1.82, 2.24) is 0 Å². The van der Waals surface area contributed by atoms with E-state index in [4.69, 9.17) is 9.47 Å². The average molecular weight is 362 g/mol. The van der Waals surface area contributed by atoms with E-state index in [1.165, 1.54) is 13.2 Å². The predicted molar refractivity (Wildman–Crippen MR) is 93.6 cm³/mol. The summed E-state index contributed by atoms with van der Waals surface area (Å²) in [5.74, 6) is -0.717. The number of aryl methyl sites for hydroxylation is 1. The van der Waals surface area contributed by atoms with E-state index in [1.54, 1.807) is 12.1 Å². The highest BCUT2D eigenvalue weighted by Crippen LogP contribution is 2.54. The Morgan fingerprint density at radius 2 is 1.96 bits per heavy atom. The van der Waals surface area contributed by atoms with E-state index in [0.717, 1.165) is 5.56 Å². The normalized spacial score (nSPS) is 30.3. The smallest absolute Gasteiger partial charge is 0.330 e. The molecule has 1 aliphatic carbocycles. The standard InChI is InChI=1S/C19H22O5S/c1-12-5-7-14(8-6-12)25(22)19-13(9-16(21)23-4)11-24-17(19)18(2,3)10-15(19)20/h5-9,17H,10-11H2,1-4H3/b13-9+/t17-,19-,25+/m1/s1. The van der Waals surface area contributed by atoms with Crippen molar-refractivity contribution in [1.29, 1.82) is 0 Å². The van der Waals surface area contributed by atoms with Crippen molar-refractivity contribution in [3.63, 3.8) is 0 Å². The van der Waals surface area contributed by atoms with E-state index in [9.17, 15) is 13.8 Å². The minimum absolute atomic E-state index is 0.104. The third-order valence-corrected chi connectivity index (χ3v) is 7.00. The summed E-state index contributed by atoms with van der Waals surface area (Å²) in [6.45, 7) is 5.92. The van der Waals surface area contributed by atoms with Gasteiger partial charge in [-0.2, -0.15) is 0 Å². The number of Topliss-reactive ketones (excluding diaryl/α,β-unsaturated/α-hetero) is 1. The van der Waals surface area contributed by atoms with Crippen molar-refractivity contribution < 1.29 is 23.3 Å². The highest BCUT2D eigenvalue weighted by Gasteiger charge is 2.68. The van der Waals surface area contributed by atoms with Crippen molar-refractivity contribution >= 4 is 22.6 Å². The average Bonchev–Trinajstić information content (AvgIpc) is 3.03. The van der Waals surface area contributed by atoms with Gasteiger partial charge in [0.05, 0.1) is 30.6 Å². The van der Waals surface area contributed by atoms with Gasteiger partial charge in [0, 0.05) is 22.8 Å². The number of ether oxygens (including phenoxy) is 2. The van der Waals surface area contributed by atoms with Gasteiger partial charge < -0.3 is 9.47 Å². The first-order valence-corrected chi connectivity index (χ1v) is 9.31. The minimum Gasteiger partial charge on any atom is -0.466 e. The fourth-order valence-corrected chi connectivity index (χ4v) is 5.79. The second-order valence-electron chi connectivity index (χ2n) is 7.29. The molecule has 6 heteroatoms. The van der Waals surface area contributed by atoms with Crippen molar-refractivity contribution in [2.45, 2.75) is 42.9 Å². The molecule has 1 aromatic rings. The molecule has 2 fully saturated rings. The molecular formula is C19H22O5S. The van der Waals surface area contributed by atoms with E-state index in [-0.39, 0.29) is 18.8 Å². The van der Waals surface area contributed by atoms with Crippen LogP contribution in [0, 0.1) is 12.3 Å². The van der Waals surface area contributed by atoms with Crippen molar-refractivity contribution in [3.8, 4) is 0 Å². The van der Waals surface area contributed by atoms with Gasteiger partial charge in [-0.05, 0) is 24.6 Å². The van der Waals surface area contributed by atoms with E-state index in [2.05, 4.69) is 0 Å². The van der Waals surface area contributed by atoms with Crippen molar-refractivity contribution in [3.05, 3.63) is 41.5 Å². The number of methoxy groups -OCH3 is 1. The molecule has 1 aromatic carbocycles. The second-order valence-corrected chi connectivity index (χ2v) is 8.94. The molecule has 1 aliphatic heterocycles. The molecular weight excluding hydrogens is 340 g/mol. The lowest BCUT2D eigenvalue weighted by molar-refractivity contribution is -0.134. The second kappa shape index (κ2) is 6.18. The van der Waals surface area contributed by atoms with Crippen LogP contribution in [0.3, 0.4) is 0 Å². The Balaban J connectivity index is 2.18. The zero-order valence-electron chi connectivity index (χ0n) is 14.8. The predicted octanol–water partition coefficient (Wildman–Crippen LogP) is 2.34. The molecule has 2 aliphatic rings. The van der Waals surface area contributed by atoms with E-state index < -0.39 is 33.0 Å². The van der Waals surface area contributed by atoms with E-state index >= 15 is 0 Å². The third-order valence-electron chi connectivity index (χ3n) is 5.01. The molecule has 0 amide bonds. The summed E-state index contributed by atoms with van der Waals surface area (Å²) < 4.78 is 22.8. The summed E-state index contributed by atoms with van der Waals surface area (Å²) in [6.07, 6.45) is 0.990. The maximum absolute atomic E-state index is 13.6. The van der Waals surface area contributed by atoms with Crippen LogP contribution < -0.4 is 0 Å². The summed E-state index contributed by atoms with van der Waals surface area (Å²) in [4.78, 5) is 25.5. The van der Waals surface area contributed by atoms with Crippen LogP contribution in [0.4, 0.5) is 0 Å². The van der Waals surface area contributed by atoms with Gasteiger partial charge >= 0.3 is 5.97 Å². The maximum atomic E-state index is 13.6. The topological polar surface area (TPSA) is 69.7 Å². The number of benzene rings is 1. The van der Waals surface area contributed by atoms with E-state index in [0.29, 0.717) is 10.5 Å². The number of carbonyl (C=O) groups excluding carboxylic acids is 2. The van der Waals surface area contributed by atoms with Gasteiger partial charge in [-0.1, -0.05) is 31.5 Å². The minimum atomic E-state index is -1.67. The first-order chi connectivity index (χ1) is 11.7. The van der Waals surface area contributed by atoms with Gasteiger partial charge in [0.25, 0.3) is 0 Å². The Morgan fingerprint density at radius 1 is 1.32 bits per heavy atom. The Labute approximate surface area is 149 Å². The Morgan fingerprint density at radius 3 is 2.56 bits per heavy atom. The van der Waals surface area contributed by atoms with Crippen LogP contribution in [-0.2, 0) is 29.9 Å². The molecule has 0 N–H and O–H groups in total.